The van der Waals surface area contributed by atoms with Crippen LogP contribution in [0.2, 0.25) is 0 Å². The monoisotopic (exact) mass is 575 g/mol. The average molecular weight is 576 g/mol. The summed E-state index contributed by atoms with van der Waals surface area (Å²) in [5.41, 5.74) is 9.62. The Labute approximate surface area is 233 Å². The lowest BCUT2D eigenvalue weighted by Crippen LogP contribution is -2.61. The summed E-state index contributed by atoms with van der Waals surface area (Å²) in [7, 11) is 0. The van der Waals surface area contributed by atoms with Gasteiger partial charge in [0.25, 0.3) is 0 Å². The molecule has 0 aromatic heterocycles. The number of ether oxygens (including phenoxy) is 1. The van der Waals surface area contributed by atoms with Gasteiger partial charge in [-0.05, 0) is 52.9 Å². The van der Waals surface area contributed by atoms with Crippen LogP contribution >= 0.6 is 0 Å². The number of aliphatic carboxylic acids is 1. The number of alkyl carbamates (subject to hydrolysis) is 1. The van der Waals surface area contributed by atoms with Crippen LogP contribution in [-0.4, -0.2) is 100 Å². The Kier molecular flexibility index (Phi) is 15.6. The third kappa shape index (κ3) is 15.1. The molecule has 0 heterocycles. The molecule has 0 spiro atoms. The van der Waals surface area contributed by atoms with Gasteiger partial charge in [-0.2, -0.15) is 0 Å². The molecule has 0 aromatic rings. The third-order valence-corrected chi connectivity index (χ3v) is 5.15. The molecule has 0 unspecified atom stereocenters. The lowest BCUT2D eigenvalue weighted by Gasteiger charge is -2.27. The molecule has 4 amide bonds. The first-order valence-corrected chi connectivity index (χ1v) is 12.9. The van der Waals surface area contributed by atoms with Gasteiger partial charge < -0.3 is 52.8 Å². The molecular formula is C24H45N7O9. The Morgan fingerprint density at radius 2 is 1.43 bits per heavy atom. The molecule has 0 aromatic carbocycles. The van der Waals surface area contributed by atoms with Gasteiger partial charge in [0.2, 0.25) is 17.7 Å². The number of nitrogens with one attached hydrogen (secondary N) is 4. The molecule has 0 rings (SSSR count). The van der Waals surface area contributed by atoms with Crippen LogP contribution in [0.1, 0.15) is 60.8 Å². The average Bonchev–Trinajstić information content (AvgIpc) is 2.79. The van der Waals surface area contributed by atoms with Crippen molar-refractivity contribution in [3.05, 3.63) is 0 Å². The molecule has 0 aliphatic carbocycles. The Morgan fingerprint density at radius 3 is 1.88 bits per heavy atom. The molecule has 0 saturated carbocycles. The number of nitrogens with two attached hydrogens (primary N) is 2. The summed E-state index contributed by atoms with van der Waals surface area (Å²) in [6, 6.07) is -5.66. The molecular weight excluding hydrogens is 530 g/mol. The van der Waals surface area contributed by atoms with Crippen LogP contribution in [0.5, 0.6) is 0 Å². The minimum Gasteiger partial charge on any atom is -0.480 e. The molecule has 230 valence electrons. The second-order valence-electron chi connectivity index (χ2n) is 10.6. The van der Waals surface area contributed by atoms with E-state index in [4.69, 9.17) is 16.2 Å². The van der Waals surface area contributed by atoms with Crippen molar-refractivity contribution in [2.75, 3.05) is 13.2 Å². The van der Waals surface area contributed by atoms with E-state index in [0.717, 1.165) is 0 Å². The normalized spacial score (nSPS) is 15.0. The smallest absolute Gasteiger partial charge is 0.408 e. The number of aliphatic hydroxyl groups excluding tert-OH is 2. The number of aliphatic imine (C=N–C) groups is 1. The Morgan fingerprint density at radius 1 is 0.875 bits per heavy atom. The highest BCUT2D eigenvalue weighted by Gasteiger charge is 2.33. The van der Waals surface area contributed by atoms with Gasteiger partial charge in [-0.3, -0.25) is 19.4 Å². The first-order chi connectivity index (χ1) is 18.4. The SMILES string of the molecule is CC(C)C[C@H](NC(=O)OC(C)(C)C)C(=O)N[C@@H](CO)C(=O)N[C@H](C(=O)N[C@@H](CCCN=C(N)N)C(=O)O)[C@@H](C)O. The number of guanidine groups is 1. The molecule has 16 heteroatoms. The largest absolute Gasteiger partial charge is 0.480 e. The summed E-state index contributed by atoms with van der Waals surface area (Å²) in [5, 5.41) is 38.5. The number of carboxylic acid groups (broad SMARTS) is 1. The Bertz CT molecular complexity index is 900. The predicted octanol–water partition coefficient (Wildman–Crippen LogP) is -2.11. The van der Waals surface area contributed by atoms with Crippen molar-refractivity contribution in [2.24, 2.45) is 22.4 Å². The van der Waals surface area contributed by atoms with Crippen LogP contribution in [0.25, 0.3) is 0 Å². The van der Waals surface area contributed by atoms with E-state index in [-0.39, 0.29) is 37.7 Å². The maximum atomic E-state index is 12.9. The number of amides is 4. The first-order valence-electron chi connectivity index (χ1n) is 12.9. The van der Waals surface area contributed by atoms with E-state index in [0.29, 0.717) is 0 Å². The van der Waals surface area contributed by atoms with Gasteiger partial charge in [0.15, 0.2) is 5.96 Å². The highest BCUT2D eigenvalue weighted by Crippen LogP contribution is 2.10. The van der Waals surface area contributed by atoms with Gasteiger partial charge in [-0.25, -0.2) is 9.59 Å². The van der Waals surface area contributed by atoms with Crippen LogP contribution in [0, 0.1) is 5.92 Å². The van der Waals surface area contributed by atoms with Crippen molar-refractivity contribution in [3.63, 3.8) is 0 Å². The maximum absolute atomic E-state index is 12.9. The molecule has 0 fully saturated rings. The van der Waals surface area contributed by atoms with Gasteiger partial charge >= 0.3 is 12.1 Å². The van der Waals surface area contributed by atoms with E-state index in [1.54, 1.807) is 20.8 Å². The van der Waals surface area contributed by atoms with Crippen molar-refractivity contribution >= 4 is 35.7 Å². The molecule has 11 N–H and O–H groups in total. The number of hydrogen-bond donors (Lipinski definition) is 9. The topological polar surface area (TPSA) is 268 Å². The molecule has 0 aliphatic heterocycles. The van der Waals surface area contributed by atoms with Crippen molar-refractivity contribution in [1.82, 2.24) is 21.3 Å². The van der Waals surface area contributed by atoms with Gasteiger partial charge in [0, 0.05) is 6.54 Å². The van der Waals surface area contributed by atoms with Crippen LogP contribution in [0.4, 0.5) is 4.79 Å². The summed E-state index contributed by atoms with van der Waals surface area (Å²) < 4.78 is 5.18. The Balaban J connectivity index is 5.46. The van der Waals surface area contributed by atoms with E-state index >= 15 is 0 Å². The Hall–Kier alpha value is -3.66. The summed E-state index contributed by atoms with van der Waals surface area (Å²) >= 11 is 0. The van der Waals surface area contributed by atoms with Crippen molar-refractivity contribution < 1.29 is 44.0 Å². The minimum atomic E-state index is -1.62. The van der Waals surface area contributed by atoms with Gasteiger partial charge in [0.05, 0.1) is 12.7 Å². The quantitative estimate of drug-likeness (QED) is 0.0546. The van der Waals surface area contributed by atoms with Gasteiger partial charge in [-0.15, -0.1) is 0 Å². The lowest BCUT2D eigenvalue weighted by atomic mass is 10.0. The standard InChI is InChI=1S/C24H45N7O9/c1-12(2)10-15(30-23(39)40-24(4,5)6)18(34)29-16(11-32)19(35)31-17(13(3)33)20(36)28-14(21(37)38)8-7-9-27-22(25)26/h12-17,32-33H,7-11H2,1-6H3,(H,28,36)(H,29,34)(H,30,39)(H,31,35)(H,37,38)(H4,25,26,27)/t13-,14+,15+,16+,17+/m1/s1. The van der Waals surface area contributed by atoms with E-state index in [1.165, 1.54) is 6.92 Å². The van der Waals surface area contributed by atoms with Crippen molar-refractivity contribution in [2.45, 2.75) is 96.7 Å². The van der Waals surface area contributed by atoms with Gasteiger partial charge in [-0.1, -0.05) is 13.8 Å². The van der Waals surface area contributed by atoms with Crippen molar-refractivity contribution in [3.8, 4) is 0 Å². The van der Waals surface area contributed by atoms with E-state index in [9.17, 15) is 39.3 Å². The zero-order chi connectivity index (χ0) is 31.2. The number of aliphatic hydroxyl groups is 2. The molecule has 16 nitrogen and oxygen atoms in total. The maximum Gasteiger partial charge on any atom is 0.408 e. The van der Waals surface area contributed by atoms with Crippen LogP contribution < -0.4 is 32.7 Å². The highest BCUT2D eigenvalue weighted by atomic mass is 16.6. The second-order valence-corrected chi connectivity index (χ2v) is 10.6. The zero-order valence-corrected chi connectivity index (χ0v) is 23.9. The van der Waals surface area contributed by atoms with Crippen molar-refractivity contribution in [1.29, 1.82) is 0 Å². The number of carbonyl (C=O) groups excluding carboxylic acids is 4. The highest BCUT2D eigenvalue weighted by molar-refractivity contribution is 5.95. The number of carbonyl (C=O) groups is 5. The van der Waals surface area contributed by atoms with E-state index < -0.39 is 72.3 Å². The summed E-state index contributed by atoms with van der Waals surface area (Å²) in [4.78, 5) is 66.0. The van der Waals surface area contributed by atoms with Crippen LogP contribution in [0.15, 0.2) is 4.99 Å². The van der Waals surface area contributed by atoms with E-state index in [2.05, 4.69) is 26.3 Å². The zero-order valence-electron chi connectivity index (χ0n) is 23.9. The molecule has 5 atom stereocenters. The molecule has 0 saturated heterocycles. The summed E-state index contributed by atoms with van der Waals surface area (Å²) in [5.74, 6) is -4.41. The first kappa shape index (κ1) is 36.3. The van der Waals surface area contributed by atoms with E-state index in [1.807, 2.05) is 13.8 Å². The molecule has 0 aliphatic rings. The fourth-order valence-corrected chi connectivity index (χ4v) is 3.30. The second kappa shape index (κ2) is 17.1. The summed E-state index contributed by atoms with van der Waals surface area (Å²) in [6.45, 7) is 9.00. The molecule has 0 bridgehead atoms. The number of hydrogen-bond acceptors (Lipinski definition) is 9. The predicted molar refractivity (Wildman–Crippen MR) is 145 cm³/mol. The third-order valence-electron chi connectivity index (χ3n) is 5.15. The number of nitrogens with zero attached hydrogens (tertiary/aromatic N) is 1. The molecule has 40 heavy (non-hydrogen) atoms. The molecule has 0 radical (unpaired) electrons. The fraction of sp³-hybridized carbons (Fsp3) is 0.750. The lowest BCUT2D eigenvalue weighted by molar-refractivity contribution is -0.143. The number of carboxylic acids is 1. The van der Waals surface area contributed by atoms with Crippen LogP contribution in [0.3, 0.4) is 0 Å². The van der Waals surface area contributed by atoms with Crippen LogP contribution in [-0.2, 0) is 23.9 Å². The summed E-state index contributed by atoms with van der Waals surface area (Å²) in [6.07, 6.45) is -1.97. The fourth-order valence-electron chi connectivity index (χ4n) is 3.30. The van der Waals surface area contributed by atoms with Gasteiger partial charge in [0.1, 0.15) is 29.8 Å². The number of rotatable bonds is 16. The minimum absolute atomic E-state index is 0.0444.